The third-order valence-electron chi connectivity index (χ3n) is 3.91. The minimum Gasteiger partial charge on any atom is -0.332 e. The van der Waals surface area contributed by atoms with Crippen molar-refractivity contribution in [2.45, 2.75) is 26.7 Å². The van der Waals surface area contributed by atoms with E-state index in [1.165, 1.54) is 0 Å². The highest BCUT2D eigenvalue weighted by Gasteiger charge is 2.12. The molecule has 0 fully saturated rings. The van der Waals surface area contributed by atoms with Gasteiger partial charge in [0, 0.05) is 37.4 Å². The first kappa shape index (κ1) is 14.9. The number of hydrogen-bond donors (Lipinski definition) is 0. The highest BCUT2D eigenvalue weighted by atomic mass is 32.1. The summed E-state index contributed by atoms with van der Waals surface area (Å²) < 4.78 is 3.88. The molecule has 0 aliphatic carbocycles. The van der Waals surface area contributed by atoms with Gasteiger partial charge in [-0.25, -0.2) is 19.5 Å². The molecule has 0 atom stereocenters. The fraction of sp³-hybridized carbons (Fsp3) is 0.312. The first-order valence-corrected chi connectivity index (χ1v) is 8.60. The lowest BCUT2D eigenvalue weighted by Crippen LogP contribution is -1.98. The van der Waals surface area contributed by atoms with Crippen LogP contribution in [-0.4, -0.2) is 34.1 Å². The van der Waals surface area contributed by atoms with E-state index in [-0.39, 0.29) is 0 Å². The average Bonchev–Trinajstić information content (AvgIpc) is 3.28. The maximum Gasteiger partial charge on any atom is 0.177 e. The molecule has 8 heteroatoms. The smallest absolute Gasteiger partial charge is 0.177 e. The van der Waals surface area contributed by atoms with Gasteiger partial charge < -0.3 is 4.57 Å². The SMILES string of the molecule is Cc1ncc(C)n2nc(CCc3cn(C)c(-c4nccs4)n3)nc12. The molecule has 4 heterocycles. The molecule has 0 amide bonds. The third-order valence-corrected chi connectivity index (χ3v) is 4.68. The van der Waals surface area contributed by atoms with Gasteiger partial charge in [-0.05, 0) is 20.3 Å². The molecular weight excluding hydrogens is 322 g/mol. The predicted molar refractivity (Wildman–Crippen MR) is 92.0 cm³/mol. The summed E-state index contributed by atoms with van der Waals surface area (Å²) in [5, 5.41) is 7.49. The second-order valence-electron chi connectivity index (χ2n) is 5.75. The summed E-state index contributed by atoms with van der Waals surface area (Å²) in [5.74, 6) is 1.72. The fourth-order valence-corrected chi connectivity index (χ4v) is 3.33. The Bertz CT molecular complexity index is 958. The molecule has 0 aliphatic heterocycles. The number of hydrogen-bond acceptors (Lipinski definition) is 6. The second kappa shape index (κ2) is 5.79. The molecular formula is C16H17N7S. The van der Waals surface area contributed by atoms with Crippen molar-refractivity contribution in [1.29, 1.82) is 0 Å². The van der Waals surface area contributed by atoms with Crippen LogP contribution in [0.25, 0.3) is 16.5 Å². The Hall–Kier alpha value is -2.61. The molecule has 24 heavy (non-hydrogen) atoms. The van der Waals surface area contributed by atoms with E-state index in [2.05, 4.69) is 20.1 Å². The summed E-state index contributed by atoms with van der Waals surface area (Å²) >= 11 is 1.59. The van der Waals surface area contributed by atoms with Gasteiger partial charge in [0.2, 0.25) is 0 Å². The van der Waals surface area contributed by atoms with Gasteiger partial charge in [0.15, 0.2) is 22.3 Å². The molecule has 0 saturated heterocycles. The molecule has 0 bridgehead atoms. The predicted octanol–water partition coefficient (Wildman–Crippen LogP) is 2.38. The highest BCUT2D eigenvalue weighted by Crippen LogP contribution is 2.20. The molecule has 0 aromatic carbocycles. The first-order chi connectivity index (χ1) is 11.6. The average molecular weight is 339 g/mol. The standard InChI is InChI=1S/C16H17N7S/c1-10-8-18-11(2)14-20-13(21-23(10)14)5-4-12-9-22(3)15(19-12)16-17-6-7-24-16/h6-9H,4-5H2,1-3H3. The van der Waals surface area contributed by atoms with Crippen LogP contribution in [0.2, 0.25) is 0 Å². The Labute approximate surface area is 143 Å². The second-order valence-corrected chi connectivity index (χ2v) is 6.65. The van der Waals surface area contributed by atoms with Crippen molar-refractivity contribution in [3.05, 3.63) is 46.9 Å². The van der Waals surface area contributed by atoms with E-state index in [1.807, 2.05) is 47.8 Å². The minimum absolute atomic E-state index is 0.745. The molecule has 4 aromatic heterocycles. The van der Waals surface area contributed by atoms with Crippen LogP contribution in [0.1, 0.15) is 22.9 Å². The van der Waals surface area contributed by atoms with Crippen molar-refractivity contribution in [1.82, 2.24) is 34.1 Å². The number of imidazole rings is 1. The van der Waals surface area contributed by atoms with E-state index >= 15 is 0 Å². The maximum atomic E-state index is 4.69. The summed E-state index contributed by atoms with van der Waals surface area (Å²) in [6, 6.07) is 0. The van der Waals surface area contributed by atoms with Crippen LogP contribution >= 0.6 is 11.3 Å². The lowest BCUT2D eigenvalue weighted by molar-refractivity contribution is 0.808. The number of aromatic nitrogens is 7. The summed E-state index contributed by atoms with van der Waals surface area (Å²) in [6.07, 6.45) is 7.20. The van der Waals surface area contributed by atoms with E-state index in [0.717, 1.165) is 52.2 Å². The Morgan fingerprint density at radius 2 is 2.00 bits per heavy atom. The lowest BCUT2D eigenvalue weighted by Gasteiger charge is -1.97. The summed E-state index contributed by atoms with van der Waals surface area (Å²) in [6.45, 7) is 3.93. The van der Waals surface area contributed by atoms with Gasteiger partial charge in [-0.2, -0.15) is 5.10 Å². The Kier molecular flexibility index (Phi) is 3.61. The maximum absolute atomic E-state index is 4.69. The quantitative estimate of drug-likeness (QED) is 0.571. The van der Waals surface area contributed by atoms with Gasteiger partial charge in [0.25, 0.3) is 0 Å². The van der Waals surface area contributed by atoms with E-state index in [4.69, 9.17) is 4.98 Å². The van der Waals surface area contributed by atoms with Crippen LogP contribution in [0, 0.1) is 13.8 Å². The van der Waals surface area contributed by atoms with Crippen LogP contribution in [0.4, 0.5) is 0 Å². The van der Waals surface area contributed by atoms with Crippen LogP contribution in [0.15, 0.2) is 24.0 Å². The molecule has 0 saturated carbocycles. The van der Waals surface area contributed by atoms with Crippen LogP contribution < -0.4 is 0 Å². The monoisotopic (exact) mass is 339 g/mol. The summed E-state index contributed by atoms with van der Waals surface area (Å²) in [5.41, 5.74) is 3.73. The van der Waals surface area contributed by atoms with Crippen molar-refractivity contribution < 1.29 is 0 Å². The van der Waals surface area contributed by atoms with Gasteiger partial charge in [0.05, 0.1) is 17.1 Å². The largest absolute Gasteiger partial charge is 0.332 e. The molecule has 4 rings (SSSR count). The van der Waals surface area contributed by atoms with Gasteiger partial charge >= 0.3 is 0 Å². The first-order valence-electron chi connectivity index (χ1n) is 7.72. The zero-order chi connectivity index (χ0) is 16.7. The summed E-state index contributed by atoms with van der Waals surface area (Å²) in [7, 11) is 1.99. The summed E-state index contributed by atoms with van der Waals surface area (Å²) in [4.78, 5) is 18.0. The van der Waals surface area contributed by atoms with Gasteiger partial charge in [-0.3, -0.25) is 4.98 Å². The number of nitrogens with zero attached hydrogens (tertiary/aromatic N) is 7. The lowest BCUT2D eigenvalue weighted by atomic mass is 10.2. The zero-order valence-corrected chi connectivity index (χ0v) is 14.6. The van der Waals surface area contributed by atoms with Gasteiger partial charge in [0.1, 0.15) is 0 Å². The van der Waals surface area contributed by atoms with Crippen LogP contribution in [0.3, 0.4) is 0 Å². The molecule has 122 valence electrons. The number of rotatable bonds is 4. The molecule has 0 aliphatic rings. The number of fused-ring (bicyclic) bond motifs is 1. The molecule has 0 spiro atoms. The van der Waals surface area contributed by atoms with Crippen LogP contribution in [0.5, 0.6) is 0 Å². The minimum atomic E-state index is 0.745. The van der Waals surface area contributed by atoms with Crippen molar-refractivity contribution in [2.24, 2.45) is 7.05 Å². The fourth-order valence-electron chi connectivity index (χ4n) is 2.66. The van der Waals surface area contributed by atoms with Crippen molar-refractivity contribution in [3.63, 3.8) is 0 Å². The zero-order valence-electron chi connectivity index (χ0n) is 13.8. The van der Waals surface area contributed by atoms with Crippen molar-refractivity contribution in [3.8, 4) is 10.8 Å². The third kappa shape index (κ3) is 2.58. The Morgan fingerprint density at radius 1 is 1.12 bits per heavy atom. The molecule has 4 aromatic rings. The molecule has 0 unspecified atom stereocenters. The van der Waals surface area contributed by atoms with E-state index in [9.17, 15) is 0 Å². The highest BCUT2D eigenvalue weighted by molar-refractivity contribution is 7.13. The van der Waals surface area contributed by atoms with Gasteiger partial charge in [-0.15, -0.1) is 11.3 Å². The van der Waals surface area contributed by atoms with Crippen molar-refractivity contribution in [2.75, 3.05) is 0 Å². The molecule has 7 nitrogen and oxygen atoms in total. The topological polar surface area (TPSA) is 73.8 Å². The van der Waals surface area contributed by atoms with Crippen LogP contribution in [-0.2, 0) is 19.9 Å². The normalized spacial score (nSPS) is 11.5. The molecule has 0 radical (unpaired) electrons. The van der Waals surface area contributed by atoms with E-state index < -0.39 is 0 Å². The van der Waals surface area contributed by atoms with Crippen molar-refractivity contribution >= 4 is 17.0 Å². The molecule has 0 N–H and O–H groups in total. The van der Waals surface area contributed by atoms with E-state index in [0.29, 0.717) is 0 Å². The van der Waals surface area contributed by atoms with E-state index in [1.54, 1.807) is 17.5 Å². The Morgan fingerprint density at radius 3 is 2.75 bits per heavy atom. The number of thiazole rings is 1. The van der Waals surface area contributed by atoms with Gasteiger partial charge in [-0.1, -0.05) is 0 Å². The number of aryl methyl sites for hydroxylation is 5. The Balaban J connectivity index is 1.56.